The van der Waals surface area contributed by atoms with Crippen molar-refractivity contribution in [3.05, 3.63) is 0 Å². The summed E-state index contributed by atoms with van der Waals surface area (Å²) in [7, 11) is 4.02. The van der Waals surface area contributed by atoms with Crippen molar-refractivity contribution < 1.29 is 9.47 Å². The molecule has 0 aliphatic heterocycles. The molecular formula is C13H29N3O2Si. The van der Waals surface area contributed by atoms with Gasteiger partial charge < -0.3 is 20.1 Å². The van der Waals surface area contributed by atoms with Crippen LogP contribution in [0.4, 0.5) is 0 Å². The van der Waals surface area contributed by atoms with Crippen molar-refractivity contribution in [1.82, 2.24) is 10.6 Å². The van der Waals surface area contributed by atoms with E-state index in [0.717, 1.165) is 25.0 Å². The van der Waals surface area contributed by atoms with Crippen LogP contribution in [0.3, 0.4) is 0 Å². The van der Waals surface area contributed by atoms with Crippen LogP contribution in [0.5, 0.6) is 0 Å². The third-order valence-electron chi connectivity index (χ3n) is 2.19. The molecule has 5 nitrogen and oxygen atoms in total. The van der Waals surface area contributed by atoms with Crippen LogP contribution in [-0.4, -0.2) is 54.2 Å². The first-order valence-corrected chi connectivity index (χ1v) is 8.14. The standard InChI is InChI=1S/C13H29N3O2Si/c1-10(2)15-12(16-11(3)4)14-8-7-9-19-13(17-5)18-6/h10-11,13H,7-9H2,1-6H3,(H2,14,15,16). The molecule has 0 amide bonds. The van der Waals surface area contributed by atoms with E-state index >= 15 is 0 Å². The Balaban J connectivity index is 3.96. The van der Waals surface area contributed by atoms with Gasteiger partial charge in [-0.2, -0.15) is 0 Å². The van der Waals surface area contributed by atoms with Gasteiger partial charge in [0.05, 0.1) is 0 Å². The minimum Gasteiger partial charge on any atom is -0.360 e. The number of guanidine groups is 1. The van der Waals surface area contributed by atoms with Gasteiger partial charge in [0.25, 0.3) is 0 Å². The predicted octanol–water partition coefficient (Wildman–Crippen LogP) is 1.43. The van der Waals surface area contributed by atoms with E-state index < -0.39 is 0 Å². The fourth-order valence-electron chi connectivity index (χ4n) is 1.43. The Morgan fingerprint density at radius 3 is 2.00 bits per heavy atom. The fraction of sp³-hybridized carbons (Fsp3) is 0.923. The summed E-state index contributed by atoms with van der Waals surface area (Å²) in [6, 6.07) is 1.85. The van der Waals surface area contributed by atoms with Gasteiger partial charge in [0.15, 0.2) is 5.96 Å². The van der Waals surface area contributed by atoms with Crippen molar-refractivity contribution in [2.75, 3.05) is 20.8 Å². The highest BCUT2D eigenvalue weighted by Gasteiger charge is 2.06. The van der Waals surface area contributed by atoms with Gasteiger partial charge in [-0.1, -0.05) is 6.04 Å². The molecule has 6 heteroatoms. The van der Waals surface area contributed by atoms with E-state index in [9.17, 15) is 0 Å². The van der Waals surface area contributed by atoms with E-state index in [-0.39, 0.29) is 5.91 Å². The first-order valence-electron chi connectivity index (χ1n) is 6.86. The van der Waals surface area contributed by atoms with E-state index in [0.29, 0.717) is 21.6 Å². The van der Waals surface area contributed by atoms with Crippen molar-refractivity contribution in [1.29, 1.82) is 0 Å². The van der Waals surface area contributed by atoms with Crippen molar-refractivity contribution in [2.24, 2.45) is 4.99 Å². The molecule has 2 radical (unpaired) electrons. The molecule has 0 aliphatic carbocycles. The lowest BCUT2D eigenvalue weighted by Crippen LogP contribution is -2.44. The summed E-state index contributed by atoms with van der Waals surface area (Å²) in [4.78, 5) is 4.57. The first kappa shape index (κ1) is 18.4. The van der Waals surface area contributed by atoms with E-state index in [2.05, 4.69) is 43.3 Å². The number of nitrogens with one attached hydrogen (secondary N) is 2. The molecule has 0 spiro atoms. The summed E-state index contributed by atoms with van der Waals surface area (Å²) in [5.74, 6) is 0.828. The molecular weight excluding hydrogens is 258 g/mol. The molecule has 0 aliphatic rings. The van der Waals surface area contributed by atoms with Crippen LogP contribution in [0.15, 0.2) is 4.99 Å². The highest BCUT2D eigenvalue weighted by Crippen LogP contribution is 1.97. The molecule has 0 atom stereocenters. The number of hydrogen-bond donors (Lipinski definition) is 2. The zero-order valence-corrected chi connectivity index (χ0v) is 14.1. The molecule has 0 saturated heterocycles. The minimum atomic E-state index is -0.0639. The molecule has 19 heavy (non-hydrogen) atoms. The Morgan fingerprint density at radius 1 is 1.05 bits per heavy atom. The zero-order valence-electron chi connectivity index (χ0n) is 13.1. The van der Waals surface area contributed by atoms with Crippen molar-refractivity contribution >= 4 is 15.5 Å². The van der Waals surface area contributed by atoms with Gasteiger partial charge in [-0.05, 0) is 34.1 Å². The van der Waals surface area contributed by atoms with Gasteiger partial charge in [0.1, 0.15) is 15.4 Å². The van der Waals surface area contributed by atoms with Crippen LogP contribution >= 0.6 is 0 Å². The molecule has 0 rings (SSSR count). The quantitative estimate of drug-likeness (QED) is 0.221. The van der Waals surface area contributed by atoms with Crippen LogP contribution in [0.25, 0.3) is 0 Å². The van der Waals surface area contributed by atoms with Gasteiger partial charge in [-0.15, -0.1) is 0 Å². The molecule has 0 heterocycles. The highest BCUT2D eigenvalue weighted by molar-refractivity contribution is 6.36. The summed E-state index contributed by atoms with van der Waals surface area (Å²) in [6.07, 6.45) is 1.05. The number of aliphatic imine (C=N–C) groups is 1. The summed E-state index contributed by atoms with van der Waals surface area (Å²) in [5, 5.41) is 6.65. The van der Waals surface area contributed by atoms with E-state index in [4.69, 9.17) is 9.47 Å². The molecule has 0 aromatic rings. The van der Waals surface area contributed by atoms with Crippen molar-refractivity contribution in [3.63, 3.8) is 0 Å². The molecule has 2 N–H and O–H groups in total. The van der Waals surface area contributed by atoms with Gasteiger partial charge in [0.2, 0.25) is 0 Å². The van der Waals surface area contributed by atoms with E-state index in [1.807, 2.05) is 0 Å². The molecule has 0 aromatic heterocycles. The first-order chi connectivity index (χ1) is 8.99. The molecule has 0 unspecified atom stereocenters. The third kappa shape index (κ3) is 11.0. The van der Waals surface area contributed by atoms with Crippen molar-refractivity contribution in [3.8, 4) is 0 Å². The van der Waals surface area contributed by atoms with Gasteiger partial charge in [-0.25, -0.2) is 0 Å². The Labute approximate surface area is 120 Å². The summed E-state index contributed by atoms with van der Waals surface area (Å²) in [5.41, 5.74) is 0. The van der Waals surface area contributed by atoms with Crippen LogP contribution in [-0.2, 0) is 9.47 Å². The smallest absolute Gasteiger partial charge is 0.191 e. The lowest BCUT2D eigenvalue weighted by Gasteiger charge is -2.17. The maximum absolute atomic E-state index is 5.16. The predicted molar refractivity (Wildman–Crippen MR) is 81.8 cm³/mol. The zero-order chi connectivity index (χ0) is 14.7. The second-order valence-electron chi connectivity index (χ2n) is 4.94. The number of ether oxygens (including phenoxy) is 2. The maximum Gasteiger partial charge on any atom is 0.191 e. The van der Waals surface area contributed by atoms with Crippen LogP contribution in [0.1, 0.15) is 34.1 Å². The van der Waals surface area contributed by atoms with Crippen LogP contribution in [0.2, 0.25) is 6.04 Å². The Hall–Kier alpha value is -0.593. The Bertz CT molecular complexity index is 232. The lowest BCUT2D eigenvalue weighted by atomic mass is 10.4. The fourth-order valence-corrected chi connectivity index (χ4v) is 2.36. The minimum absolute atomic E-state index is 0.0639. The second kappa shape index (κ2) is 11.3. The van der Waals surface area contributed by atoms with E-state index in [1.165, 1.54) is 0 Å². The molecule has 112 valence electrons. The van der Waals surface area contributed by atoms with Crippen molar-refractivity contribution in [2.45, 2.75) is 58.2 Å². The second-order valence-corrected chi connectivity index (χ2v) is 6.32. The van der Waals surface area contributed by atoms with Gasteiger partial charge >= 0.3 is 0 Å². The topological polar surface area (TPSA) is 54.9 Å². The highest BCUT2D eigenvalue weighted by atomic mass is 28.2. The maximum atomic E-state index is 5.16. The van der Waals surface area contributed by atoms with Gasteiger partial charge in [0, 0.05) is 32.8 Å². The van der Waals surface area contributed by atoms with Gasteiger partial charge in [-0.3, -0.25) is 4.99 Å². The molecule has 0 fully saturated rings. The Kier molecular flexibility index (Phi) is 10.9. The number of hydrogen-bond acceptors (Lipinski definition) is 3. The average molecular weight is 287 g/mol. The summed E-state index contributed by atoms with van der Waals surface area (Å²) < 4.78 is 10.3. The number of methoxy groups -OCH3 is 2. The molecule has 0 saturated carbocycles. The average Bonchev–Trinajstić information content (AvgIpc) is 2.32. The number of nitrogens with zero attached hydrogens (tertiary/aromatic N) is 1. The molecule has 0 aromatic carbocycles. The number of rotatable bonds is 9. The van der Waals surface area contributed by atoms with E-state index in [1.54, 1.807) is 14.2 Å². The largest absolute Gasteiger partial charge is 0.360 e. The monoisotopic (exact) mass is 287 g/mol. The summed E-state index contributed by atoms with van der Waals surface area (Å²) in [6.45, 7) is 9.27. The van der Waals surface area contributed by atoms with Crippen LogP contribution < -0.4 is 10.6 Å². The van der Waals surface area contributed by atoms with Crippen LogP contribution in [0, 0.1) is 0 Å². The lowest BCUT2D eigenvalue weighted by molar-refractivity contribution is -0.0441. The third-order valence-corrected chi connectivity index (χ3v) is 3.64. The normalized spacial score (nSPS) is 11.2. The SMILES string of the molecule is COC(OC)[Si]CCCN=C(NC(C)C)NC(C)C. The Morgan fingerprint density at radius 2 is 1.58 bits per heavy atom. The summed E-state index contributed by atoms with van der Waals surface area (Å²) >= 11 is 0. The molecule has 0 bridgehead atoms.